The number of nitrogens with zero attached hydrogens (tertiary/aromatic N) is 3. The highest BCUT2D eigenvalue weighted by molar-refractivity contribution is 6.99. The first kappa shape index (κ1) is 16.1. The second kappa shape index (κ2) is 7.66. The first-order valence-corrected chi connectivity index (χ1v) is 8.79. The summed E-state index contributed by atoms with van der Waals surface area (Å²) in [5.41, 5.74) is 2.81. The number of carbonyl (C=O) groups is 1. The first-order valence-electron chi connectivity index (χ1n) is 8.06. The number of benzene rings is 1. The Balaban J connectivity index is 1.50. The Morgan fingerprint density at radius 1 is 1.35 bits per heavy atom. The number of hydrogen-bond acceptors (Lipinski definition) is 5. The third-order valence-corrected chi connectivity index (χ3v) is 4.70. The summed E-state index contributed by atoms with van der Waals surface area (Å²) in [5.74, 6) is 0.628. The van der Waals surface area contributed by atoms with Crippen LogP contribution in [-0.2, 0) is 13.1 Å². The number of rotatable bonds is 5. The lowest BCUT2D eigenvalue weighted by molar-refractivity contribution is 0.0947. The Morgan fingerprint density at radius 3 is 2.83 bits per heavy atom. The van der Waals surface area contributed by atoms with Crippen molar-refractivity contribution in [2.75, 3.05) is 13.1 Å². The summed E-state index contributed by atoms with van der Waals surface area (Å²) in [5, 5.41) is 2.86. The number of carbonyl (C=O) groups excluding carboxylic acids is 1. The van der Waals surface area contributed by atoms with Gasteiger partial charge in [-0.1, -0.05) is 31.2 Å². The van der Waals surface area contributed by atoms with Crippen molar-refractivity contribution in [3.8, 4) is 0 Å². The van der Waals surface area contributed by atoms with E-state index in [1.807, 2.05) is 0 Å². The van der Waals surface area contributed by atoms with Gasteiger partial charge in [0.25, 0.3) is 5.91 Å². The van der Waals surface area contributed by atoms with Crippen molar-refractivity contribution in [2.24, 2.45) is 5.92 Å². The van der Waals surface area contributed by atoms with Crippen LogP contribution in [0.4, 0.5) is 0 Å². The zero-order valence-electron chi connectivity index (χ0n) is 13.4. The van der Waals surface area contributed by atoms with Gasteiger partial charge in [0.1, 0.15) is 0 Å². The molecule has 0 bridgehead atoms. The predicted molar refractivity (Wildman–Crippen MR) is 91.2 cm³/mol. The van der Waals surface area contributed by atoms with Crippen LogP contribution in [0.1, 0.15) is 41.4 Å². The van der Waals surface area contributed by atoms with Gasteiger partial charge in [-0.15, -0.1) is 0 Å². The van der Waals surface area contributed by atoms with Crippen LogP contribution in [0.3, 0.4) is 0 Å². The van der Waals surface area contributed by atoms with Gasteiger partial charge in [0.2, 0.25) is 0 Å². The SMILES string of the molecule is CC1CCCN(Cc2ccc(CNC(=O)c3cnsn3)cc2)C1. The van der Waals surface area contributed by atoms with E-state index in [0.29, 0.717) is 12.2 Å². The lowest BCUT2D eigenvalue weighted by atomic mass is 9.99. The van der Waals surface area contributed by atoms with Crippen LogP contribution in [0, 0.1) is 5.92 Å². The van der Waals surface area contributed by atoms with Crippen molar-refractivity contribution in [3.63, 3.8) is 0 Å². The summed E-state index contributed by atoms with van der Waals surface area (Å²) in [7, 11) is 0. The number of amides is 1. The molecule has 1 fully saturated rings. The van der Waals surface area contributed by atoms with Crippen LogP contribution in [0.25, 0.3) is 0 Å². The Hall–Kier alpha value is -1.79. The molecule has 3 rings (SSSR count). The highest BCUT2D eigenvalue weighted by atomic mass is 32.1. The molecule has 1 amide bonds. The summed E-state index contributed by atoms with van der Waals surface area (Å²) in [6.07, 6.45) is 4.14. The second-order valence-electron chi connectivity index (χ2n) is 6.27. The Kier molecular flexibility index (Phi) is 5.35. The zero-order valence-corrected chi connectivity index (χ0v) is 14.2. The summed E-state index contributed by atoms with van der Waals surface area (Å²) < 4.78 is 7.76. The van der Waals surface area contributed by atoms with Crippen molar-refractivity contribution in [1.82, 2.24) is 19.0 Å². The average Bonchev–Trinajstić information content (AvgIpc) is 3.08. The Morgan fingerprint density at radius 2 is 2.13 bits per heavy atom. The van der Waals surface area contributed by atoms with E-state index in [-0.39, 0.29) is 5.91 Å². The number of hydrogen-bond donors (Lipinski definition) is 1. The molecule has 1 aromatic carbocycles. The van der Waals surface area contributed by atoms with Crippen LogP contribution in [0.2, 0.25) is 0 Å². The average molecular weight is 330 g/mol. The first-order chi connectivity index (χ1) is 11.2. The minimum absolute atomic E-state index is 0.176. The highest BCUT2D eigenvalue weighted by Gasteiger charge is 2.16. The number of aromatic nitrogens is 2. The zero-order chi connectivity index (χ0) is 16.1. The van der Waals surface area contributed by atoms with Gasteiger partial charge in [0.15, 0.2) is 5.69 Å². The standard InChI is InChI=1S/C17H22N4OS/c1-13-3-2-8-21(11-13)12-15-6-4-14(5-7-15)9-18-17(22)16-10-19-23-20-16/h4-7,10,13H,2-3,8-9,11-12H2,1H3,(H,18,22). The van der Waals surface area contributed by atoms with Crippen molar-refractivity contribution in [2.45, 2.75) is 32.9 Å². The van der Waals surface area contributed by atoms with Crippen molar-refractivity contribution >= 4 is 17.6 Å². The summed E-state index contributed by atoms with van der Waals surface area (Å²) in [4.78, 5) is 14.4. The molecule has 1 atom stereocenters. The molecule has 5 nitrogen and oxygen atoms in total. The lowest BCUT2D eigenvalue weighted by Crippen LogP contribution is -2.33. The Bertz CT molecular complexity index is 627. The van der Waals surface area contributed by atoms with Crippen molar-refractivity contribution in [3.05, 3.63) is 47.3 Å². The third-order valence-electron chi connectivity index (χ3n) is 4.22. The molecule has 2 heterocycles. The van der Waals surface area contributed by atoms with Gasteiger partial charge in [0, 0.05) is 19.6 Å². The fraction of sp³-hybridized carbons (Fsp3) is 0.471. The van der Waals surface area contributed by atoms with Gasteiger partial charge >= 0.3 is 0 Å². The van der Waals surface area contributed by atoms with E-state index in [2.05, 4.69) is 50.2 Å². The van der Waals surface area contributed by atoms with E-state index in [1.54, 1.807) is 0 Å². The second-order valence-corrected chi connectivity index (χ2v) is 6.83. The summed E-state index contributed by atoms with van der Waals surface area (Å²) in [6.45, 7) is 6.25. The molecule has 2 aromatic rings. The van der Waals surface area contributed by atoms with Gasteiger partial charge in [0.05, 0.1) is 17.9 Å². The summed E-state index contributed by atoms with van der Waals surface area (Å²) in [6, 6.07) is 8.49. The van der Waals surface area contributed by atoms with Gasteiger partial charge < -0.3 is 5.32 Å². The van der Waals surface area contributed by atoms with Crippen LogP contribution < -0.4 is 5.32 Å². The van der Waals surface area contributed by atoms with Gasteiger partial charge in [-0.2, -0.15) is 8.75 Å². The molecule has 1 N–H and O–H groups in total. The van der Waals surface area contributed by atoms with E-state index >= 15 is 0 Å². The lowest BCUT2D eigenvalue weighted by Gasteiger charge is -2.30. The van der Waals surface area contributed by atoms with Crippen molar-refractivity contribution in [1.29, 1.82) is 0 Å². The van der Waals surface area contributed by atoms with E-state index < -0.39 is 0 Å². The van der Waals surface area contributed by atoms with Gasteiger partial charge in [-0.05, 0) is 36.4 Å². The maximum absolute atomic E-state index is 11.8. The van der Waals surface area contributed by atoms with Crippen molar-refractivity contribution < 1.29 is 4.79 Å². The van der Waals surface area contributed by atoms with Crippen LogP contribution in [-0.4, -0.2) is 32.6 Å². The largest absolute Gasteiger partial charge is 0.347 e. The molecule has 122 valence electrons. The Labute approximate surface area is 141 Å². The molecule has 0 spiro atoms. The third kappa shape index (κ3) is 4.59. The maximum atomic E-state index is 11.8. The molecule has 1 unspecified atom stereocenters. The molecule has 1 aromatic heterocycles. The fourth-order valence-corrected chi connectivity index (χ4v) is 3.40. The number of piperidine rings is 1. The predicted octanol–water partition coefficient (Wildman–Crippen LogP) is 2.70. The minimum atomic E-state index is -0.176. The van der Waals surface area contributed by atoms with E-state index in [9.17, 15) is 4.79 Å². The molecule has 1 saturated heterocycles. The topological polar surface area (TPSA) is 58.1 Å². The number of nitrogens with one attached hydrogen (secondary N) is 1. The monoisotopic (exact) mass is 330 g/mol. The fourth-order valence-electron chi connectivity index (χ4n) is 2.99. The van der Waals surface area contributed by atoms with Crippen LogP contribution in [0.15, 0.2) is 30.5 Å². The van der Waals surface area contributed by atoms with E-state index in [4.69, 9.17) is 0 Å². The normalized spacial score (nSPS) is 18.7. The van der Waals surface area contributed by atoms with E-state index in [1.165, 1.54) is 37.7 Å². The molecular formula is C17H22N4OS. The molecule has 1 aliphatic heterocycles. The molecule has 0 aliphatic carbocycles. The highest BCUT2D eigenvalue weighted by Crippen LogP contribution is 2.18. The minimum Gasteiger partial charge on any atom is -0.347 e. The molecule has 1 aliphatic rings. The molecule has 0 radical (unpaired) electrons. The quantitative estimate of drug-likeness (QED) is 0.916. The van der Waals surface area contributed by atoms with Crippen LogP contribution >= 0.6 is 11.7 Å². The van der Waals surface area contributed by atoms with E-state index in [0.717, 1.165) is 29.8 Å². The smallest absolute Gasteiger partial charge is 0.272 e. The molecule has 23 heavy (non-hydrogen) atoms. The number of likely N-dealkylation sites (tertiary alicyclic amines) is 1. The maximum Gasteiger partial charge on any atom is 0.272 e. The molecular weight excluding hydrogens is 308 g/mol. The summed E-state index contributed by atoms with van der Waals surface area (Å²) >= 11 is 1.04. The molecule has 6 heteroatoms. The van der Waals surface area contributed by atoms with Crippen LogP contribution in [0.5, 0.6) is 0 Å². The van der Waals surface area contributed by atoms with Gasteiger partial charge in [-0.3, -0.25) is 9.69 Å². The molecule has 0 saturated carbocycles. The van der Waals surface area contributed by atoms with Gasteiger partial charge in [-0.25, -0.2) is 0 Å².